The minimum atomic E-state index is 0.378. The smallest absolute Gasteiger partial charge is 0.141 e. The molecule has 24 heavy (non-hydrogen) atoms. The van der Waals surface area contributed by atoms with E-state index in [1.54, 1.807) is 14.2 Å². The molecule has 0 aliphatic carbocycles. The van der Waals surface area contributed by atoms with Gasteiger partial charge in [0.2, 0.25) is 0 Å². The van der Waals surface area contributed by atoms with E-state index in [9.17, 15) is 0 Å². The predicted molar refractivity (Wildman–Crippen MR) is 92.5 cm³/mol. The molecule has 1 aromatic heterocycles. The molecule has 1 aliphatic heterocycles. The number of likely N-dealkylation sites (tertiary alicyclic amines) is 1. The second kappa shape index (κ2) is 7.26. The van der Waals surface area contributed by atoms with Crippen LogP contribution in [0.4, 0.5) is 0 Å². The molecule has 1 fully saturated rings. The molecule has 5 nitrogen and oxygen atoms in total. The van der Waals surface area contributed by atoms with E-state index in [1.807, 2.05) is 13.0 Å². The fourth-order valence-electron chi connectivity index (χ4n) is 3.64. The molecule has 0 spiro atoms. The molecule has 0 bridgehead atoms. The Labute approximate surface area is 143 Å². The Kier molecular flexibility index (Phi) is 5.09. The third-order valence-corrected chi connectivity index (χ3v) is 4.80. The van der Waals surface area contributed by atoms with Crippen LogP contribution in [0, 0.1) is 6.92 Å². The number of rotatable bonds is 6. The molecule has 2 heterocycles. The number of ether oxygens (including phenoxy) is 2. The van der Waals surface area contributed by atoms with Crippen molar-refractivity contribution >= 4 is 0 Å². The van der Waals surface area contributed by atoms with E-state index in [0.29, 0.717) is 6.04 Å². The number of nitrogens with zero attached hydrogens (tertiary/aromatic N) is 2. The number of aryl methyl sites for hydroxylation is 2. The molecule has 130 valence electrons. The van der Waals surface area contributed by atoms with Gasteiger partial charge in [-0.15, -0.1) is 0 Å². The topological polar surface area (TPSA) is 47.7 Å². The minimum Gasteiger partial charge on any atom is -0.497 e. The molecule has 0 N–H and O–H groups in total. The summed E-state index contributed by atoms with van der Waals surface area (Å²) in [5.41, 5.74) is 3.50. The second-order valence-corrected chi connectivity index (χ2v) is 6.31. The van der Waals surface area contributed by atoms with Crippen LogP contribution in [0.2, 0.25) is 0 Å². The summed E-state index contributed by atoms with van der Waals surface area (Å²) in [6.45, 7) is 6.11. The van der Waals surface area contributed by atoms with Crippen molar-refractivity contribution in [2.45, 2.75) is 45.7 Å². The SMILES string of the molecule is CCc1onc(C)c1[C@@H]1CCCN1Cc1cc(OC)cc(OC)c1. The first-order chi connectivity index (χ1) is 11.7. The molecule has 0 amide bonds. The van der Waals surface area contributed by atoms with Gasteiger partial charge >= 0.3 is 0 Å². The van der Waals surface area contributed by atoms with Gasteiger partial charge < -0.3 is 14.0 Å². The fourth-order valence-corrected chi connectivity index (χ4v) is 3.64. The first kappa shape index (κ1) is 16.8. The lowest BCUT2D eigenvalue weighted by Gasteiger charge is -2.25. The number of hydrogen-bond donors (Lipinski definition) is 0. The van der Waals surface area contributed by atoms with E-state index in [-0.39, 0.29) is 0 Å². The van der Waals surface area contributed by atoms with Gasteiger partial charge in [0, 0.05) is 30.6 Å². The van der Waals surface area contributed by atoms with Gasteiger partial charge in [-0.3, -0.25) is 4.90 Å². The molecule has 2 aromatic rings. The third kappa shape index (κ3) is 3.26. The standard InChI is InChI=1S/C19H26N2O3/c1-5-18-19(13(2)20-24-18)17-7-6-8-21(17)12-14-9-15(22-3)11-16(10-14)23-4/h9-11,17H,5-8,12H2,1-4H3/t17-/m0/s1. The van der Waals surface area contributed by atoms with Gasteiger partial charge in [0.15, 0.2) is 0 Å². The van der Waals surface area contributed by atoms with Crippen molar-refractivity contribution in [2.24, 2.45) is 0 Å². The molecule has 0 radical (unpaired) electrons. The van der Waals surface area contributed by atoms with Gasteiger partial charge in [0.05, 0.1) is 19.9 Å². The number of benzene rings is 1. The molecule has 0 unspecified atom stereocenters. The number of hydrogen-bond acceptors (Lipinski definition) is 5. The highest BCUT2D eigenvalue weighted by atomic mass is 16.5. The summed E-state index contributed by atoms with van der Waals surface area (Å²) in [7, 11) is 3.37. The highest BCUT2D eigenvalue weighted by Crippen LogP contribution is 2.37. The summed E-state index contributed by atoms with van der Waals surface area (Å²) in [5.74, 6) is 2.68. The Balaban J connectivity index is 1.85. The maximum Gasteiger partial charge on any atom is 0.141 e. The summed E-state index contributed by atoms with van der Waals surface area (Å²) >= 11 is 0. The Bertz CT molecular complexity index is 674. The van der Waals surface area contributed by atoms with Crippen molar-refractivity contribution in [1.29, 1.82) is 0 Å². The first-order valence-electron chi connectivity index (χ1n) is 8.57. The molecule has 1 saturated heterocycles. The van der Waals surface area contributed by atoms with Gasteiger partial charge in [0.1, 0.15) is 17.3 Å². The van der Waals surface area contributed by atoms with Crippen LogP contribution < -0.4 is 9.47 Å². The summed E-state index contributed by atoms with van der Waals surface area (Å²) in [4.78, 5) is 2.51. The molecule has 0 saturated carbocycles. The zero-order valence-corrected chi connectivity index (χ0v) is 15.0. The fraction of sp³-hybridized carbons (Fsp3) is 0.526. The summed E-state index contributed by atoms with van der Waals surface area (Å²) in [5, 5.41) is 4.19. The Morgan fingerprint density at radius 2 is 1.92 bits per heavy atom. The van der Waals surface area contributed by atoms with Gasteiger partial charge in [-0.25, -0.2) is 0 Å². The predicted octanol–water partition coefficient (Wildman–Crippen LogP) is 3.90. The maximum absolute atomic E-state index is 5.51. The van der Waals surface area contributed by atoms with Crippen molar-refractivity contribution in [3.63, 3.8) is 0 Å². The van der Waals surface area contributed by atoms with Crippen molar-refractivity contribution in [1.82, 2.24) is 10.1 Å². The maximum atomic E-state index is 5.51. The summed E-state index contributed by atoms with van der Waals surface area (Å²) < 4.78 is 16.3. The Morgan fingerprint density at radius 1 is 1.21 bits per heavy atom. The Hall–Kier alpha value is -2.01. The van der Waals surface area contributed by atoms with Crippen LogP contribution in [-0.4, -0.2) is 30.8 Å². The molecule has 1 atom stereocenters. The van der Waals surface area contributed by atoms with Crippen molar-refractivity contribution in [3.05, 3.63) is 40.8 Å². The minimum absolute atomic E-state index is 0.378. The van der Waals surface area contributed by atoms with Gasteiger partial charge in [-0.05, 0) is 44.0 Å². The van der Waals surface area contributed by atoms with E-state index in [2.05, 4.69) is 29.1 Å². The first-order valence-corrected chi connectivity index (χ1v) is 8.57. The normalized spacial score (nSPS) is 18.1. The van der Waals surface area contributed by atoms with Gasteiger partial charge in [0.25, 0.3) is 0 Å². The van der Waals surface area contributed by atoms with E-state index < -0.39 is 0 Å². The highest BCUT2D eigenvalue weighted by molar-refractivity contribution is 5.38. The number of aromatic nitrogens is 1. The average Bonchev–Trinajstić information content (AvgIpc) is 3.19. The lowest BCUT2D eigenvalue weighted by molar-refractivity contribution is 0.244. The van der Waals surface area contributed by atoms with E-state index >= 15 is 0 Å². The number of methoxy groups -OCH3 is 2. The second-order valence-electron chi connectivity index (χ2n) is 6.31. The molecular weight excluding hydrogens is 304 g/mol. The molecular formula is C19H26N2O3. The monoisotopic (exact) mass is 330 g/mol. The molecule has 3 rings (SSSR count). The van der Waals surface area contributed by atoms with Crippen LogP contribution in [0.15, 0.2) is 22.7 Å². The summed E-state index contributed by atoms with van der Waals surface area (Å²) in [6, 6.07) is 6.45. The third-order valence-electron chi connectivity index (χ3n) is 4.80. The van der Waals surface area contributed by atoms with Crippen LogP contribution >= 0.6 is 0 Å². The average molecular weight is 330 g/mol. The molecule has 1 aliphatic rings. The zero-order valence-electron chi connectivity index (χ0n) is 15.0. The largest absolute Gasteiger partial charge is 0.497 e. The van der Waals surface area contributed by atoms with Crippen LogP contribution in [0.25, 0.3) is 0 Å². The quantitative estimate of drug-likeness (QED) is 0.804. The van der Waals surface area contributed by atoms with Crippen LogP contribution in [-0.2, 0) is 13.0 Å². The zero-order chi connectivity index (χ0) is 17.1. The highest BCUT2D eigenvalue weighted by Gasteiger charge is 2.31. The van der Waals surface area contributed by atoms with E-state index in [0.717, 1.165) is 48.9 Å². The lowest BCUT2D eigenvalue weighted by Crippen LogP contribution is -2.23. The van der Waals surface area contributed by atoms with E-state index in [1.165, 1.54) is 17.5 Å². The Morgan fingerprint density at radius 3 is 2.54 bits per heavy atom. The van der Waals surface area contributed by atoms with Crippen molar-refractivity contribution < 1.29 is 14.0 Å². The van der Waals surface area contributed by atoms with Crippen LogP contribution in [0.5, 0.6) is 11.5 Å². The molecule has 1 aromatic carbocycles. The van der Waals surface area contributed by atoms with Gasteiger partial charge in [-0.1, -0.05) is 12.1 Å². The van der Waals surface area contributed by atoms with Crippen molar-refractivity contribution in [2.75, 3.05) is 20.8 Å². The lowest BCUT2D eigenvalue weighted by atomic mass is 10.0. The van der Waals surface area contributed by atoms with E-state index in [4.69, 9.17) is 14.0 Å². The molecule has 5 heteroatoms. The van der Waals surface area contributed by atoms with Crippen LogP contribution in [0.1, 0.15) is 48.4 Å². The summed E-state index contributed by atoms with van der Waals surface area (Å²) in [6.07, 6.45) is 3.23. The van der Waals surface area contributed by atoms with Crippen molar-refractivity contribution in [3.8, 4) is 11.5 Å². The van der Waals surface area contributed by atoms with Crippen LogP contribution in [0.3, 0.4) is 0 Å². The van der Waals surface area contributed by atoms with Gasteiger partial charge in [-0.2, -0.15) is 0 Å².